The maximum atomic E-state index is 13.9. The molecule has 0 saturated heterocycles. The van der Waals surface area contributed by atoms with Crippen LogP contribution in [0.15, 0.2) is 18.2 Å². The summed E-state index contributed by atoms with van der Waals surface area (Å²) in [5.74, 6) is -1.36. The van der Waals surface area contributed by atoms with Gasteiger partial charge in [0.2, 0.25) is 5.91 Å². The van der Waals surface area contributed by atoms with Gasteiger partial charge >= 0.3 is 0 Å². The van der Waals surface area contributed by atoms with Crippen LogP contribution >= 0.6 is 12.4 Å². The first kappa shape index (κ1) is 18.8. The Balaban J connectivity index is 0.00000242. The average molecular weight is 333 g/mol. The quantitative estimate of drug-likeness (QED) is 0.841. The fourth-order valence-corrected chi connectivity index (χ4v) is 2.70. The van der Waals surface area contributed by atoms with Crippen molar-refractivity contribution in [3.05, 3.63) is 35.4 Å². The van der Waals surface area contributed by atoms with E-state index in [-0.39, 0.29) is 18.3 Å². The van der Waals surface area contributed by atoms with Gasteiger partial charge in [0.05, 0.1) is 5.54 Å². The van der Waals surface area contributed by atoms with Crippen LogP contribution in [-0.2, 0) is 10.2 Å². The lowest BCUT2D eigenvalue weighted by molar-refractivity contribution is -0.126. The normalized spacial score (nSPS) is 18.0. The minimum Gasteiger partial charge on any atom is -0.354 e. The maximum absolute atomic E-state index is 13.9. The van der Waals surface area contributed by atoms with E-state index in [2.05, 4.69) is 5.32 Å². The van der Waals surface area contributed by atoms with Crippen LogP contribution in [0.1, 0.15) is 45.1 Å². The van der Waals surface area contributed by atoms with Crippen molar-refractivity contribution in [1.82, 2.24) is 5.32 Å². The number of benzene rings is 1. The highest BCUT2D eigenvalue weighted by Gasteiger charge is 2.46. The van der Waals surface area contributed by atoms with Gasteiger partial charge in [-0.05, 0) is 37.8 Å². The zero-order valence-corrected chi connectivity index (χ0v) is 13.7. The first-order valence-corrected chi connectivity index (χ1v) is 7.33. The molecule has 3 nitrogen and oxygen atoms in total. The van der Waals surface area contributed by atoms with E-state index in [0.29, 0.717) is 18.5 Å². The van der Waals surface area contributed by atoms with Gasteiger partial charge in [0, 0.05) is 18.0 Å². The average Bonchev–Trinajstić information content (AvgIpc) is 3.16. The van der Waals surface area contributed by atoms with Crippen molar-refractivity contribution >= 4 is 18.3 Å². The third kappa shape index (κ3) is 3.96. The Bertz CT molecular complexity index is 545. The highest BCUT2D eigenvalue weighted by atomic mass is 35.5. The Kier molecular flexibility index (Phi) is 5.93. The summed E-state index contributed by atoms with van der Waals surface area (Å²) in [7, 11) is 0. The van der Waals surface area contributed by atoms with Crippen molar-refractivity contribution in [3.63, 3.8) is 0 Å². The standard InChI is InChI=1S/C16H22F2N2O.ClH/c1-3-6-15(2,19)14(21)20-10-16(7-8-16)12-5-4-11(17)9-13(12)18;/h4-5,9H,3,6-8,10,19H2,1-2H3,(H,20,21);1H. The second-order valence-electron chi connectivity index (χ2n) is 6.25. The van der Waals surface area contributed by atoms with Gasteiger partial charge in [-0.1, -0.05) is 19.4 Å². The predicted molar refractivity (Wildman–Crippen MR) is 85.0 cm³/mol. The van der Waals surface area contributed by atoms with E-state index >= 15 is 0 Å². The van der Waals surface area contributed by atoms with Gasteiger partial charge in [-0.2, -0.15) is 0 Å². The molecule has 3 N–H and O–H groups in total. The first-order valence-electron chi connectivity index (χ1n) is 7.33. The lowest BCUT2D eigenvalue weighted by Gasteiger charge is -2.25. The summed E-state index contributed by atoms with van der Waals surface area (Å²) in [5.41, 5.74) is 5.13. The summed E-state index contributed by atoms with van der Waals surface area (Å²) < 4.78 is 26.9. The monoisotopic (exact) mass is 332 g/mol. The largest absolute Gasteiger partial charge is 0.354 e. The fourth-order valence-electron chi connectivity index (χ4n) is 2.70. The summed E-state index contributed by atoms with van der Waals surface area (Å²) in [4.78, 5) is 12.1. The fraction of sp³-hybridized carbons (Fsp3) is 0.562. The molecule has 1 aromatic rings. The second kappa shape index (κ2) is 6.92. The molecule has 1 unspecified atom stereocenters. The molecule has 2 rings (SSSR count). The molecule has 22 heavy (non-hydrogen) atoms. The van der Waals surface area contributed by atoms with Crippen LogP contribution in [0, 0.1) is 11.6 Å². The van der Waals surface area contributed by atoms with Crippen LogP contribution in [-0.4, -0.2) is 18.0 Å². The minimum absolute atomic E-state index is 0. The van der Waals surface area contributed by atoms with Crippen LogP contribution in [0.3, 0.4) is 0 Å². The molecule has 0 aliphatic heterocycles. The topological polar surface area (TPSA) is 55.1 Å². The molecule has 0 heterocycles. The summed E-state index contributed by atoms with van der Waals surface area (Å²) in [6.45, 7) is 4.00. The second-order valence-corrected chi connectivity index (χ2v) is 6.25. The molecule has 1 amide bonds. The number of carbonyl (C=O) groups is 1. The number of hydrogen-bond acceptors (Lipinski definition) is 2. The Morgan fingerprint density at radius 3 is 2.55 bits per heavy atom. The van der Waals surface area contributed by atoms with Crippen LogP contribution in [0.2, 0.25) is 0 Å². The maximum Gasteiger partial charge on any atom is 0.239 e. The zero-order chi connectivity index (χ0) is 15.7. The Labute approximate surface area is 136 Å². The Morgan fingerprint density at radius 2 is 2.05 bits per heavy atom. The number of hydrogen-bond donors (Lipinski definition) is 2. The molecular formula is C16H23ClF2N2O. The Hall–Kier alpha value is -1.20. The van der Waals surface area contributed by atoms with Gasteiger partial charge in [0.15, 0.2) is 0 Å². The Morgan fingerprint density at radius 1 is 1.41 bits per heavy atom. The molecule has 1 atom stereocenters. The molecule has 1 fully saturated rings. The van der Waals surface area contributed by atoms with Crippen molar-refractivity contribution in [2.24, 2.45) is 5.73 Å². The van der Waals surface area contributed by atoms with Gasteiger partial charge in [0.1, 0.15) is 11.6 Å². The van der Waals surface area contributed by atoms with Crippen molar-refractivity contribution in [2.45, 2.75) is 50.5 Å². The van der Waals surface area contributed by atoms with Crippen molar-refractivity contribution in [1.29, 1.82) is 0 Å². The van der Waals surface area contributed by atoms with Crippen LogP contribution in [0.5, 0.6) is 0 Å². The SMILES string of the molecule is CCCC(C)(N)C(=O)NCC1(c2ccc(F)cc2F)CC1.Cl. The molecule has 0 spiro atoms. The van der Waals surface area contributed by atoms with E-state index in [1.54, 1.807) is 6.92 Å². The van der Waals surface area contributed by atoms with Crippen LogP contribution in [0.4, 0.5) is 8.78 Å². The van der Waals surface area contributed by atoms with Crippen molar-refractivity contribution in [3.8, 4) is 0 Å². The number of rotatable bonds is 6. The summed E-state index contributed by atoms with van der Waals surface area (Å²) in [5, 5.41) is 2.83. The van der Waals surface area contributed by atoms with E-state index in [1.165, 1.54) is 12.1 Å². The molecule has 0 radical (unpaired) electrons. The highest BCUT2D eigenvalue weighted by molar-refractivity contribution is 5.85. The molecule has 1 aliphatic rings. The molecule has 1 aromatic carbocycles. The number of halogens is 3. The molecule has 6 heteroatoms. The number of carbonyl (C=O) groups excluding carboxylic acids is 1. The summed E-state index contributed by atoms with van der Waals surface area (Å²) in [6.07, 6.45) is 2.98. The summed E-state index contributed by atoms with van der Waals surface area (Å²) in [6, 6.07) is 3.61. The molecule has 124 valence electrons. The van der Waals surface area contributed by atoms with Gasteiger partial charge in [-0.15, -0.1) is 12.4 Å². The molecular weight excluding hydrogens is 310 g/mol. The lowest BCUT2D eigenvalue weighted by Crippen LogP contribution is -2.52. The molecule has 0 aromatic heterocycles. The molecule has 1 saturated carbocycles. The number of nitrogens with two attached hydrogens (primary N) is 1. The molecule has 0 bridgehead atoms. The lowest BCUT2D eigenvalue weighted by atomic mass is 9.93. The number of amides is 1. The molecule has 1 aliphatic carbocycles. The first-order chi connectivity index (χ1) is 9.81. The van der Waals surface area contributed by atoms with Crippen LogP contribution in [0.25, 0.3) is 0 Å². The number of nitrogens with one attached hydrogen (secondary N) is 1. The predicted octanol–water partition coefficient (Wildman–Crippen LogP) is 3.05. The third-order valence-electron chi connectivity index (χ3n) is 4.23. The van der Waals surface area contributed by atoms with E-state index in [1.807, 2.05) is 6.92 Å². The smallest absolute Gasteiger partial charge is 0.239 e. The van der Waals surface area contributed by atoms with Gasteiger partial charge in [0.25, 0.3) is 0 Å². The zero-order valence-electron chi connectivity index (χ0n) is 12.9. The van der Waals surface area contributed by atoms with E-state index < -0.39 is 22.6 Å². The van der Waals surface area contributed by atoms with Crippen LogP contribution < -0.4 is 11.1 Å². The van der Waals surface area contributed by atoms with Gasteiger partial charge in [-0.3, -0.25) is 4.79 Å². The van der Waals surface area contributed by atoms with E-state index in [9.17, 15) is 13.6 Å². The third-order valence-corrected chi connectivity index (χ3v) is 4.23. The van der Waals surface area contributed by atoms with Gasteiger partial charge < -0.3 is 11.1 Å². The van der Waals surface area contributed by atoms with Crippen molar-refractivity contribution in [2.75, 3.05) is 6.54 Å². The van der Waals surface area contributed by atoms with Crippen molar-refractivity contribution < 1.29 is 13.6 Å². The minimum atomic E-state index is -0.911. The van der Waals surface area contributed by atoms with Gasteiger partial charge in [-0.25, -0.2) is 8.78 Å². The van der Waals surface area contributed by atoms with E-state index in [4.69, 9.17) is 5.73 Å². The highest BCUT2D eigenvalue weighted by Crippen LogP contribution is 2.48. The summed E-state index contributed by atoms with van der Waals surface area (Å²) >= 11 is 0. The van der Waals surface area contributed by atoms with E-state index in [0.717, 1.165) is 25.3 Å².